The Bertz CT molecular complexity index is 1470. The zero-order valence-corrected chi connectivity index (χ0v) is 19.3. The van der Waals surface area contributed by atoms with Crippen LogP contribution < -0.4 is 0 Å². The molecular weight excluding hydrogens is 444 g/mol. The lowest BCUT2D eigenvalue weighted by molar-refractivity contribution is -0.112. The molecule has 0 atom stereocenters. The number of fused-ring (bicyclic) bond motifs is 1. The highest BCUT2D eigenvalue weighted by atomic mass is 35.5. The third kappa shape index (κ3) is 4.54. The predicted octanol–water partition coefficient (Wildman–Crippen LogP) is 8.28. The van der Waals surface area contributed by atoms with Gasteiger partial charge < -0.3 is 4.42 Å². The fourth-order valence-electron chi connectivity index (χ4n) is 3.92. The second-order valence-corrected chi connectivity index (χ2v) is 8.50. The van der Waals surface area contributed by atoms with Crippen LogP contribution in [-0.2, 0) is 11.2 Å². The average Bonchev–Trinajstić information content (AvgIpc) is 3.28. The van der Waals surface area contributed by atoms with Gasteiger partial charge in [-0.25, -0.2) is 0 Å². The number of hydrogen-bond donors (Lipinski definition) is 0. The molecule has 1 heterocycles. The van der Waals surface area contributed by atoms with Gasteiger partial charge in [0.25, 0.3) is 0 Å². The molecule has 34 heavy (non-hydrogen) atoms. The van der Waals surface area contributed by atoms with Gasteiger partial charge in [0.15, 0.2) is 11.5 Å². The van der Waals surface area contributed by atoms with E-state index < -0.39 is 0 Å². The third-order valence-electron chi connectivity index (χ3n) is 5.63. The summed E-state index contributed by atoms with van der Waals surface area (Å²) in [5.74, 6) is 0.598. The van der Waals surface area contributed by atoms with Gasteiger partial charge in [-0.2, -0.15) is 0 Å². The van der Waals surface area contributed by atoms with Crippen molar-refractivity contribution in [2.75, 3.05) is 0 Å². The van der Waals surface area contributed by atoms with Crippen LogP contribution in [0.4, 0.5) is 5.69 Å². The average molecular weight is 465 g/mol. The number of furan rings is 1. The van der Waals surface area contributed by atoms with E-state index in [1.165, 1.54) is 0 Å². The van der Waals surface area contributed by atoms with Gasteiger partial charge in [0.2, 0.25) is 0 Å². The van der Waals surface area contributed by atoms with Crippen molar-refractivity contribution in [1.82, 2.24) is 0 Å². The molecule has 166 valence electrons. The van der Waals surface area contributed by atoms with E-state index in [-0.39, 0.29) is 5.78 Å². The van der Waals surface area contributed by atoms with Crippen LogP contribution in [0.25, 0.3) is 16.7 Å². The van der Waals surface area contributed by atoms with Crippen molar-refractivity contribution in [3.63, 3.8) is 0 Å². The van der Waals surface area contributed by atoms with Crippen LogP contribution in [0.3, 0.4) is 0 Å². The molecule has 4 nitrogen and oxygen atoms in total. The summed E-state index contributed by atoms with van der Waals surface area (Å²) in [6.07, 6.45) is 4.25. The number of hydrogen-bond acceptors (Lipinski definition) is 4. The van der Waals surface area contributed by atoms with Crippen molar-refractivity contribution in [2.24, 2.45) is 10.2 Å². The van der Waals surface area contributed by atoms with E-state index in [1.807, 2.05) is 91.9 Å². The van der Waals surface area contributed by atoms with E-state index >= 15 is 0 Å². The smallest absolute Gasteiger partial charge is 0.185 e. The van der Waals surface area contributed by atoms with E-state index in [2.05, 4.69) is 10.2 Å². The number of carbonyl (C=O) groups excluding carboxylic acids is 1. The summed E-state index contributed by atoms with van der Waals surface area (Å²) < 4.78 is 6.13. The Morgan fingerprint density at radius 2 is 1.65 bits per heavy atom. The normalized spacial score (nSPS) is 15.5. The standard InChI is InChI=1S/C29H21ClN2O2/c1-19-15-22(17-23(29(19)33)16-20-9-3-2-4-10-20)28(32-31-25-13-7-6-12-24(25)30)27-18-21-11-5-8-14-26(21)34-27/h2-15,17-18H,16H2,1H3/b28-22-,32-31?. The first kappa shape index (κ1) is 21.8. The molecule has 1 aromatic heterocycles. The van der Waals surface area contributed by atoms with Crippen molar-refractivity contribution < 1.29 is 9.21 Å². The number of halogens is 1. The highest BCUT2D eigenvalue weighted by Crippen LogP contribution is 2.34. The number of benzene rings is 3. The minimum Gasteiger partial charge on any atom is -0.454 e. The molecule has 0 bridgehead atoms. The molecule has 0 radical (unpaired) electrons. The van der Waals surface area contributed by atoms with Crippen molar-refractivity contribution in [3.8, 4) is 0 Å². The number of allylic oxidation sites excluding steroid dienone is 5. The number of para-hydroxylation sites is 1. The van der Waals surface area contributed by atoms with E-state index in [9.17, 15) is 4.79 Å². The van der Waals surface area contributed by atoms with Crippen LogP contribution in [0, 0.1) is 0 Å². The van der Waals surface area contributed by atoms with E-state index in [4.69, 9.17) is 16.0 Å². The molecule has 0 aliphatic heterocycles. The van der Waals surface area contributed by atoms with Crippen LogP contribution in [0.15, 0.2) is 128 Å². The summed E-state index contributed by atoms with van der Waals surface area (Å²) in [7, 11) is 0. The highest BCUT2D eigenvalue weighted by molar-refractivity contribution is 6.32. The Hall–Kier alpha value is -4.02. The second-order valence-electron chi connectivity index (χ2n) is 8.09. The topological polar surface area (TPSA) is 54.9 Å². The first-order chi connectivity index (χ1) is 16.6. The van der Waals surface area contributed by atoms with Gasteiger partial charge in [-0.05, 0) is 54.5 Å². The Labute approximate surface area is 202 Å². The third-order valence-corrected chi connectivity index (χ3v) is 5.95. The fraction of sp³-hybridized carbons (Fsp3) is 0.0690. The van der Waals surface area contributed by atoms with Gasteiger partial charge in [-0.1, -0.05) is 72.3 Å². The van der Waals surface area contributed by atoms with E-state index in [1.54, 1.807) is 12.1 Å². The minimum atomic E-state index is 0.0274. The summed E-state index contributed by atoms with van der Waals surface area (Å²) in [5, 5.41) is 10.5. The largest absolute Gasteiger partial charge is 0.454 e. The number of Topliss-reactive ketones (excluding diaryl/α,β-unsaturated/α-hetero) is 1. The molecule has 1 aliphatic rings. The number of carbonyl (C=O) groups is 1. The Balaban J connectivity index is 1.66. The van der Waals surface area contributed by atoms with Gasteiger partial charge in [-0.3, -0.25) is 4.79 Å². The maximum absolute atomic E-state index is 12.9. The number of ketones is 1. The van der Waals surface area contributed by atoms with Crippen LogP contribution in [0.2, 0.25) is 5.02 Å². The van der Waals surface area contributed by atoms with Crippen LogP contribution in [-0.4, -0.2) is 5.78 Å². The van der Waals surface area contributed by atoms with Crippen LogP contribution in [0.1, 0.15) is 18.2 Å². The molecule has 0 unspecified atom stereocenters. The summed E-state index contributed by atoms with van der Waals surface area (Å²) in [5.41, 5.74) is 5.02. The van der Waals surface area contributed by atoms with Gasteiger partial charge in [0, 0.05) is 23.0 Å². The molecule has 3 aromatic carbocycles. The van der Waals surface area contributed by atoms with E-state index in [0.29, 0.717) is 39.7 Å². The molecule has 0 saturated carbocycles. The Morgan fingerprint density at radius 1 is 0.912 bits per heavy atom. The zero-order valence-electron chi connectivity index (χ0n) is 18.5. The predicted molar refractivity (Wildman–Crippen MR) is 136 cm³/mol. The first-order valence-corrected chi connectivity index (χ1v) is 11.3. The maximum Gasteiger partial charge on any atom is 0.185 e. The number of rotatable bonds is 5. The Morgan fingerprint density at radius 3 is 2.44 bits per heavy atom. The zero-order chi connectivity index (χ0) is 23.5. The SMILES string of the molecule is CC1=C/C(=C(/N=Nc2ccccc2Cl)c2cc3ccccc3o2)C=C(Cc2ccccc2)C1=O. The molecule has 5 rings (SSSR count). The lowest BCUT2D eigenvalue weighted by Gasteiger charge is -2.15. The van der Waals surface area contributed by atoms with Crippen LogP contribution in [0.5, 0.6) is 0 Å². The molecule has 4 aromatic rings. The summed E-state index contributed by atoms with van der Waals surface area (Å²) in [6.45, 7) is 1.82. The molecule has 0 N–H and O–H groups in total. The molecule has 0 fully saturated rings. The van der Waals surface area contributed by atoms with Gasteiger partial charge in [-0.15, -0.1) is 10.2 Å². The highest BCUT2D eigenvalue weighted by Gasteiger charge is 2.21. The van der Waals surface area contributed by atoms with Gasteiger partial charge in [0.1, 0.15) is 17.0 Å². The number of nitrogens with zero attached hydrogens (tertiary/aromatic N) is 2. The molecular formula is C29H21ClN2O2. The van der Waals surface area contributed by atoms with Gasteiger partial charge in [0.05, 0.1) is 5.02 Å². The van der Waals surface area contributed by atoms with Crippen molar-refractivity contribution in [2.45, 2.75) is 13.3 Å². The van der Waals surface area contributed by atoms with E-state index in [0.717, 1.165) is 22.1 Å². The molecule has 5 heteroatoms. The van der Waals surface area contributed by atoms with Crippen molar-refractivity contribution >= 4 is 39.7 Å². The van der Waals surface area contributed by atoms with Gasteiger partial charge >= 0.3 is 0 Å². The quantitative estimate of drug-likeness (QED) is 0.279. The molecule has 0 spiro atoms. The van der Waals surface area contributed by atoms with Crippen molar-refractivity contribution in [3.05, 3.63) is 130 Å². The summed E-state index contributed by atoms with van der Waals surface area (Å²) in [6, 6.07) is 26.9. The monoisotopic (exact) mass is 464 g/mol. The first-order valence-electron chi connectivity index (χ1n) is 11.0. The molecule has 0 saturated heterocycles. The summed E-state index contributed by atoms with van der Waals surface area (Å²) >= 11 is 6.30. The lowest BCUT2D eigenvalue weighted by Crippen LogP contribution is -2.11. The molecule has 1 aliphatic carbocycles. The lowest BCUT2D eigenvalue weighted by atomic mass is 9.89. The minimum absolute atomic E-state index is 0.0274. The van der Waals surface area contributed by atoms with Crippen LogP contribution >= 0.6 is 11.6 Å². The molecule has 0 amide bonds. The summed E-state index contributed by atoms with van der Waals surface area (Å²) in [4.78, 5) is 12.9. The number of azo groups is 1. The maximum atomic E-state index is 12.9. The Kier molecular flexibility index (Phi) is 6.07. The second kappa shape index (κ2) is 9.46. The fourth-order valence-corrected chi connectivity index (χ4v) is 4.09. The van der Waals surface area contributed by atoms with Crippen molar-refractivity contribution in [1.29, 1.82) is 0 Å².